The van der Waals surface area contributed by atoms with Crippen molar-refractivity contribution in [1.82, 2.24) is 5.32 Å². The highest BCUT2D eigenvalue weighted by Gasteiger charge is 2.23. The number of hydrogen-bond donors (Lipinski definition) is 1. The lowest BCUT2D eigenvalue weighted by molar-refractivity contribution is -0.0505. The number of para-hydroxylation sites is 1. The van der Waals surface area contributed by atoms with E-state index in [-0.39, 0.29) is 5.75 Å². The second-order valence-electron chi connectivity index (χ2n) is 4.95. The Morgan fingerprint density at radius 1 is 1.33 bits per heavy atom. The number of hydrogen-bond acceptors (Lipinski definition) is 2. The van der Waals surface area contributed by atoms with Crippen LogP contribution in [0.1, 0.15) is 31.7 Å². The van der Waals surface area contributed by atoms with Crippen LogP contribution in [0.2, 0.25) is 0 Å². The number of nitrogens with one attached hydrogen (secondary N) is 1. The van der Waals surface area contributed by atoms with Gasteiger partial charge >= 0.3 is 6.61 Å². The smallest absolute Gasteiger partial charge is 0.387 e. The molecule has 0 radical (unpaired) electrons. The van der Waals surface area contributed by atoms with Crippen LogP contribution >= 0.6 is 0 Å². The van der Waals surface area contributed by atoms with Gasteiger partial charge in [0.25, 0.3) is 0 Å². The monoisotopic (exact) mass is 255 g/mol. The summed E-state index contributed by atoms with van der Waals surface area (Å²) in [5, 5.41) is 3.36. The van der Waals surface area contributed by atoms with Crippen LogP contribution in [0.15, 0.2) is 24.3 Å². The van der Waals surface area contributed by atoms with Gasteiger partial charge in [0.15, 0.2) is 0 Å². The lowest BCUT2D eigenvalue weighted by atomic mass is 10.1. The maximum absolute atomic E-state index is 12.2. The molecule has 0 saturated heterocycles. The molecule has 0 heterocycles. The van der Waals surface area contributed by atoms with E-state index in [4.69, 9.17) is 0 Å². The molecule has 1 fully saturated rings. The molecule has 100 valence electrons. The summed E-state index contributed by atoms with van der Waals surface area (Å²) < 4.78 is 29.0. The van der Waals surface area contributed by atoms with Gasteiger partial charge in [-0.25, -0.2) is 0 Å². The Hall–Kier alpha value is -1.16. The first-order valence-corrected chi connectivity index (χ1v) is 6.41. The highest BCUT2D eigenvalue weighted by molar-refractivity contribution is 5.33. The fourth-order valence-corrected chi connectivity index (χ4v) is 2.08. The van der Waals surface area contributed by atoms with Crippen molar-refractivity contribution in [2.75, 3.05) is 0 Å². The van der Waals surface area contributed by atoms with E-state index in [2.05, 4.69) is 17.0 Å². The molecule has 1 atom stereocenters. The second-order valence-corrected chi connectivity index (χ2v) is 4.95. The predicted molar refractivity (Wildman–Crippen MR) is 66.7 cm³/mol. The standard InChI is InChI=1S/C14H19F2NO/c1-10(8-11-6-7-11)17-9-12-4-2-3-5-13(12)18-14(15)16/h2-5,10-11,14,17H,6-9H2,1H3. The van der Waals surface area contributed by atoms with Crippen LogP contribution < -0.4 is 10.1 Å². The summed E-state index contributed by atoms with van der Waals surface area (Å²) in [6.07, 6.45) is 3.83. The van der Waals surface area contributed by atoms with E-state index < -0.39 is 6.61 Å². The van der Waals surface area contributed by atoms with Crippen LogP contribution in [-0.4, -0.2) is 12.7 Å². The molecule has 2 rings (SSSR count). The molecule has 0 aliphatic heterocycles. The van der Waals surface area contributed by atoms with Gasteiger partial charge in [-0.3, -0.25) is 0 Å². The normalized spacial score (nSPS) is 16.9. The molecule has 0 bridgehead atoms. The van der Waals surface area contributed by atoms with Crippen molar-refractivity contribution in [2.45, 2.75) is 45.4 Å². The van der Waals surface area contributed by atoms with Gasteiger partial charge in [-0.1, -0.05) is 31.0 Å². The maximum atomic E-state index is 12.2. The molecule has 1 aliphatic rings. The van der Waals surface area contributed by atoms with Crippen molar-refractivity contribution in [3.63, 3.8) is 0 Å². The zero-order valence-corrected chi connectivity index (χ0v) is 10.5. The maximum Gasteiger partial charge on any atom is 0.387 e. The number of rotatable bonds is 7. The van der Waals surface area contributed by atoms with E-state index in [0.29, 0.717) is 12.6 Å². The SMILES string of the molecule is CC(CC1CC1)NCc1ccccc1OC(F)F. The third kappa shape index (κ3) is 4.26. The molecule has 1 unspecified atom stereocenters. The average Bonchev–Trinajstić information content (AvgIpc) is 3.11. The molecule has 0 amide bonds. The highest BCUT2D eigenvalue weighted by Crippen LogP contribution is 2.33. The van der Waals surface area contributed by atoms with Gasteiger partial charge in [0.2, 0.25) is 0 Å². The first-order chi connectivity index (χ1) is 8.65. The molecule has 0 aromatic heterocycles. The fraction of sp³-hybridized carbons (Fsp3) is 0.571. The topological polar surface area (TPSA) is 21.3 Å². The average molecular weight is 255 g/mol. The summed E-state index contributed by atoms with van der Waals surface area (Å²) in [5.74, 6) is 1.12. The minimum atomic E-state index is -2.77. The van der Waals surface area contributed by atoms with Gasteiger partial charge in [-0.05, 0) is 25.3 Å². The zero-order valence-electron chi connectivity index (χ0n) is 10.5. The van der Waals surface area contributed by atoms with Crippen molar-refractivity contribution in [3.05, 3.63) is 29.8 Å². The molecule has 4 heteroatoms. The van der Waals surface area contributed by atoms with E-state index in [1.807, 2.05) is 12.1 Å². The van der Waals surface area contributed by atoms with E-state index in [1.165, 1.54) is 12.8 Å². The lowest BCUT2D eigenvalue weighted by Gasteiger charge is -2.15. The number of halogens is 2. The molecular weight excluding hydrogens is 236 g/mol. The first-order valence-electron chi connectivity index (χ1n) is 6.41. The second kappa shape index (κ2) is 6.14. The van der Waals surface area contributed by atoms with Crippen molar-refractivity contribution in [3.8, 4) is 5.75 Å². The Labute approximate surface area is 106 Å². The van der Waals surface area contributed by atoms with E-state index in [9.17, 15) is 8.78 Å². The van der Waals surface area contributed by atoms with Gasteiger partial charge < -0.3 is 10.1 Å². The van der Waals surface area contributed by atoms with E-state index >= 15 is 0 Å². The minimum absolute atomic E-state index is 0.263. The molecule has 1 aromatic rings. The van der Waals surface area contributed by atoms with E-state index in [1.54, 1.807) is 12.1 Å². The first kappa shape index (κ1) is 13.3. The molecule has 0 spiro atoms. The third-order valence-electron chi connectivity index (χ3n) is 3.21. The van der Waals surface area contributed by atoms with Crippen molar-refractivity contribution >= 4 is 0 Å². The molecule has 1 N–H and O–H groups in total. The third-order valence-corrected chi connectivity index (χ3v) is 3.21. The lowest BCUT2D eigenvalue weighted by Crippen LogP contribution is -2.26. The number of ether oxygens (including phenoxy) is 1. The Bertz CT molecular complexity index is 380. The van der Waals surface area contributed by atoms with Crippen LogP contribution in [0.5, 0.6) is 5.75 Å². The zero-order chi connectivity index (χ0) is 13.0. The Morgan fingerprint density at radius 3 is 2.72 bits per heavy atom. The highest BCUT2D eigenvalue weighted by atomic mass is 19.3. The predicted octanol–water partition coefficient (Wildman–Crippen LogP) is 3.57. The van der Waals surface area contributed by atoms with Crippen LogP contribution in [0.3, 0.4) is 0 Å². The molecular formula is C14H19F2NO. The fourth-order valence-electron chi connectivity index (χ4n) is 2.08. The minimum Gasteiger partial charge on any atom is -0.434 e. The molecule has 1 aromatic carbocycles. The molecule has 1 aliphatic carbocycles. The Balaban J connectivity index is 1.86. The summed E-state index contributed by atoms with van der Waals surface area (Å²) in [6, 6.07) is 7.34. The summed E-state index contributed by atoms with van der Waals surface area (Å²) in [4.78, 5) is 0. The quantitative estimate of drug-likeness (QED) is 0.804. The van der Waals surface area contributed by atoms with Crippen molar-refractivity contribution < 1.29 is 13.5 Å². The van der Waals surface area contributed by atoms with Crippen molar-refractivity contribution in [2.24, 2.45) is 5.92 Å². The van der Waals surface area contributed by atoms with Crippen molar-refractivity contribution in [1.29, 1.82) is 0 Å². The van der Waals surface area contributed by atoms with Gasteiger partial charge in [0.1, 0.15) is 5.75 Å². The van der Waals surface area contributed by atoms with Crippen LogP contribution in [0, 0.1) is 5.92 Å². The summed E-state index contributed by atoms with van der Waals surface area (Å²) in [6.45, 7) is -0.0684. The Kier molecular flexibility index (Phi) is 4.53. The molecule has 1 saturated carbocycles. The van der Waals surface area contributed by atoms with Crippen LogP contribution in [-0.2, 0) is 6.54 Å². The number of alkyl halides is 2. The van der Waals surface area contributed by atoms with Gasteiger partial charge in [0, 0.05) is 18.2 Å². The van der Waals surface area contributed by atoms with Gasteiger partial charge in [-0.15, -0.1) is 0 Å². The number of benzene rings is 1. The summed E-state index contributed by atoms with van der Waals surface area (Å²) in [5.41, 5.74) is 0.778. The van der Waals surface area contributed by atoms with E-state index in [0.717, 1.165) is 17.9 Å². The van der Waals surface area contributed by atoms with Crippen LogP contribution in [0.4, 0.5) is 8.78 Å². The van der Waals surface area contributed by atoms with Gasteiger partial charge in [0.05, 0.1) is 0 Å². The van der Waals surface area contributed by atoms with Crippen LogP contribution in [0.25, 0.3) is 0 Å². The molecule has 18 heavy (non-hydrogen) atoms. The van der Waals surface area contributed by atoms with Gasteiger partial charge in [-0.2, -0.15) is 8.78 Å². The summed E-state index contributed by atoms with van der Waals surface area (Å²) in [7, 11) is 0. The molecule has 2 nitrogen and oxygen atoms in total. The Morgan fingerprint density at radius 2 is 2.06 bits per heavy atom. The summed E-state index contributed by atoms with van der Waals surface area (Å²) >= 11 is 0. The largest absolute Gasteiger partial charge is 0.434 e.